The van der Waals surface area contributed by atoms with Gasteiger partial charge in [-0.15, -0.1) is 0 Å². The van der Waals surface area contributed by atoms with Crippen molar-refractivity contribution in [2.75, 3.05) is 33.0 Å². The minimum absolute atomic E-state index is 0.0872. The first kappa shape index (κ1) is 20.4. The highest BCUT2D eigenvalue weighted by molar-refractivity contribution is 7.88. The molecule has 1 aromatic carbocycles. The van der Waals surface area contributed by atoms with Crippen LogP contribution in [0.3, 0.4) is 0 Å². The SMILES string of the molecule is COCc1nc(CCN(C2CN(C(=O)c3cccc(C)c3)C2)S(C)(=O)=O)no1. The molecule has 0 atom stereocenters. The maximum atomic E-state index is 12.6. The summed E-state index contributed by atoms with van der Waals surface area (Å²) < 4.78 is 35.8. The van der Waals surface area contributed by atoms with Crippen LogP contribution in [0.1, 0.15) is 27.6 Å². The van der Waals surface area contributed by atoms with Crippen molar-refractivity contribution in [3.63, 3.8) is 0 Å². The molecule has 152 valence electrons. The highest BCUT2D eigenvalue weighted by Crippen LogP contribution is 2.21. The summed E-state index contributed by atoms with van der Waals surface area (Å²) in [6, 6.07) is 7.11. The van der Waals surface area contributed by atoms with Gasteiger partial charge in [-0.05, 0) is 19.1 Å². The molecule has 3 rings (SSSR count). The smallest absolute Gasteiger partial charge is 0.253 e. The zero-order valence-corrected chi connectivity index (χ0v) is 17.0. The molecule has 0 N–H and O–H groups in total. The minimum Gasteiger partial charge on any atom is -0.375 e. The Labute approximate surface area is 164 Å². The molecule has 1 aromatic heterocycles. The first-order valence-electron chi connectivity index (χ1n) is 8.91. The number of aryl methyl sites for hydroxylation is 1. The van der Waals surface area contributed by atoms with Crippen LogP contribution in [-0.2, 0) is 27.8 Å². The third-order valence-electron chi connectivity index (χ3n) is 4.58. The summed E-state index contributed by atoms with van der Waals surface area (Å²) in [5, 5.41) is 3.83. The van der Waals surface area contributed by atoms with Crippen molar-refractivity contribution in [2.24, 2.45) is 0 Å². The third-order valence-corrected chi connectivity index (χ3v) is 5.91. The lowest BCUT2D eigenvalue weighted by atomic mass is 10.1. The Hall–Kier alpha value is -2.30. The molecular weight excluding hydrogens is 384 g/mol. The molecule has 28 heavy (non-hydrogen) atoms. The van der Waals surface area contributed by atoms with Gasteiger partial charge < -0.3 is 14.2 Å². The maximum absolute atomic E-state index is 12.6. The van der Waals surface area contributed by atoms with Gasteiger partial charge in [-0.3, -0.25) is 4.79 Å². The number of ether oxygens (including phenoxy) is 1. The van der Waals surface area contributed by atoms with Crippen molar-refractivity contribution < 1.29 is 22.5 Å². The van der Waals surface area contributed by atoms with E-state index in [0.29, 0.717) is 36.8 Å². The summed E-state index contributed by atoms with van der Waals surface area (Å²) in [6.07, 6.45) is 1.49. The molecule has 0 aliphatic carbocycles. The van der Waals surface area contributed by atoms with Gasteiger partial charge in [0.15, 0.2) is 5.82 Å². The van der Waals surface area contributed by atoms with Crippen LogP contribution in [0.25, 0.3) is 0 Å². The molecule has 9 nitrogen and oxygen atoms in total. The second kappa shape index (κ2) is 8.38. The van der Waals surface area contributed by atoms with Crippen molar-refractivity contribution in [2.45, 2.75) is 26.0 Å². The van der Waals surface area contributed by atoms with Gasteiger partial charge in [-0.1, -0.05) is 22.9 Å². The first-order chi connectivity index (χ1) is 13.3. The van der Waals surface area contributed by atoms with Gasteiger partial charge in [0.25, 0.3) is 11.8 Å². The van der Waals surface area contributed by atoms with E-state index in [9.17, 15) is 13.2 Å². The molecule has 1 fully saturated rings. The quantitative estimate of drug-likeness (QED) is 0.637. The fraction of sp³-hybridized carbons (Fsp3) is 0.500. The van der Waals surface area contributed by atoms with E-state index in [4.69, 9.17) is 9.26 Å². The monoisotopic (exact) mass is 408 g/mol. The van der Waals surface area contributed by atoms with E-state index >= 15 is 0 Å². The van der Waals surface area contributed by atoms with E-state index in [0.717, 1.165) is 5.56 Å². The molecule has 0 radical (unpaired) electrons. The normalized spacial score (nSPS) is 15.1. The van der Waals surface area contributed by atoms with Crippen molar-refractivity contribution in [3.8, 4) is 0 Å². The summed E-state index contributed by atoms with van der Waals surface area (Å²) in [5.74, 6) is 0.686. The number of hydrogen-bond acceptors (Lipinski definition) is 7. The Morgan fingerprint density at radius 3 is 2.79 bits per heavy atom. The van der Waals surface area contributed by atoms with Crippen molar-refractivity contribution in [1.29, 1.82) is 0 Å². The van der Waals surface area contributed by atoms with Gasteiger partial charge in [-0.25, -0.2) is 8.42 Å². The first-order valence-corrected chi connectivity index (χ1v) is 10.8. The number of nitrogens with zero attached hydrogens (tertiary/aromatic N) is 4. The lowest BCUT2D eigenvalue weighted by Crippen LogP contribution is -2.62. The lowest BCUT2D eigenvalue weighted by Gasteiger charge is -2.44. The number of benzene rings is 1. The summed E-state index contributed by atoms with van der Waals surface area (Å²) in [5.41, 5.74) is 1.62. The van der Waals surface area contributed by atoms with E-state index in [1.165, 1.54) is 17.7 Å². The molecule has 2 aromatic rings. The highest BCUT2D eigenvalue weighted by Gasteiger charge is 2.39. The molecule has 0 unspecified atom stereocenters. The number of carbonyl (C=O) groups is 1. The Kier molecular flexibility index (Phi) is 6.11. The molecule has 0 spiro atoms. The number of likely N-dealkylation sites (tertiary alicyclic amines) is 1. The Bertz CT molecular complexity index is 937. The molecule has 1 amide bonds. The summed E-state index contributed by atoms with van der Waals surface area (Å²) in [6.45, 7) is 3.09. The van der Waals surface area contributed by atoms with Gasteiger partial charge in [0.1, 0.15) is 6.61 Å². The average Bonchev–Trinajstić information content (AvgIpc) is 3.03. The van der Waals surface area contributed by atoms with Gasteiger partial charge in [0.05, 0.1) is 12.3 Å². The number of sulfonamides is 1. The standard InChI is InChI=1S/C18H24N4O5S/c1-13-5-4-6-14(9-13)18(23)21-10-15(11-21)22(28(3,24)25)8-7-16-19-17(12-26-2)27-20-16/h4-6,9,15H,7-8,10-12H2,1-3H3. The Balaban J connectivity index is 1.60. The van der Waals surface area contributed by atoms with Crippen LogP contribution in [-0.4, -0.2) is 72.7 Å². The zero-order valence-electron chi connectivity index (χ0n) is 16.2. The van der Waals surface area contributed by atoms with Crippen LogP contribution in [0.5, 0.6) is 0 Å². The van der Waals surface area contributed by atoms with Gasteiger partial charge >= 0.3 is 0 Å². The number of rotatable bonds is 8. The molecule has 2 heterocycles. The van der Waals surface area contributed by atoms with Crippen LogP contribution < -0.4 is 0 Å². The largest absolute Gasteiger partial charge is 0.375 e. The highest BCUT2D eigenvalue weighted by atomic mass is 32.2. The van der Waals surface area contributed by atoms with E-state index in [2.05, 4.69) is 10.1 Å². The molecular formula is C18H24N4O5S. The predicted octanol–water partition coefficient (Wildman–Crippen LogP) is 0.853. The number of aromatic nitrogens is 2. The number of carbonyl (C=O) groups excluding carboxylic acids is 1. The molecule has 0 saturated carbocycles. The molecule has 0 bridgehead atoms. The van der Waals surface area contributed by atoms with Gasteiger partial charge in [0.2, 0.25) is 10.0 Å². The summed E-state index contributed by atoms with van der Waals surface area (Å²) in [4.78, 5) is 18.4. The fourth-order valence-electron chi connectivity index (χ4n) is 3.17. The number of methoxy groups -OCH3 is 1. The van der Waals surface area contributed by atoms with E-state index in [1.807, 2.05) is 25.1 Å². The summed E-state index contributed by atoms with van der Waals surface area (Å²) in [7, 11) is -1.91. The Morgan fingerprint density at radius 2 is 2.14 bits per heavy atom. The lowest BCUT2D eigenvalue weighted by molar-refractivity contribution is 0.0454. The van der Waals surface area contributed by atoms with Gasteiger partial charge in [0, 0.05) is 38.7 Å². The topological polar surface area (TPSA) is 106 Å². The summed E-state index contributed by atoms with van der Waals surface area (Å²) >= 11 is 0. The molecule has 1 aliphatic rings. The van der Waals surface area contributed by atoms with E-state index in [-0.39, 0.29) is 25.1 Å². The van der Waals surface area contributed by atoms with Crippen LogP contribution in [0.4, 0.5) is 0 Å². The van der Waals surface area contributed by atoms with Crippen molar-refractivity contribution in [3.05, 3.63) is 47.1 Å². The average molecular weight is 408 g/mol. The van der Waals surface area contributed by atoms with Crippen molar-refractivity contribution >= 4 is 15.9 Å². The van der Waals surface area contributed by atoms with Crippen LogP contribution >= 0.6 is 0 Å². The molecule has 1 aliphatic heterocycles. The number of hydrogen-bond donors (Lipinski definition) is 0. The van der Waals surface area contributed by atoms with Crippen LogP contribution in [0, 0.1) is 6.92 Å². The molecule has 10 heteroatoms. The van der Waals surface area contributed by atoms with Crippen molar-refractivity contribution in [1.82, 2.24) is 19.3 Å². The molecule has 1 saturated heterocycles. The predicted molar refractivity (Wildman–Crippen MR) is 101 cm³/mol. The second-order valence-electron chi connectivity index (χ2n) is 6.89. The van der Waals surface area contributed by atoms with Gasteiger partial charge in [-0.2, -0.15) is 9.29 Å². The van der Waals surface area contributed by atoms with Crippen LogP contribution in [0.2, 0.25) is 0 Å². The number of amides is 1. The van der Waals surface area contributed by atoms with E-state index < -0.39 is 10.0 Å². The maximum Gasteiger partial charge on any atom is 0.253 e. The van der Waals surface area contributed by atoms with Crippen LogP contribution in [0.15, 0.2) is 28.8 Å². The van der Waals surface area contributed by atoms with E-state index in [1.54, 1.807) is 11.0 Å². The fourth-order valence-corrected chi connectivity index (χ4v) is 4.26. The zero-order chi connectivity index (χ0) is 20.3. The minimum atomic E-state index is -3.43. The Morgan fingerprint density at radius 1 is 1.39 bits per heavy atom. The third kappa shape index (κ3) is 4.75. The second-order valence-corrected chi connectivity index (χ2v) is 8.83.